The highest BCUT2D eigenvalue weighted by atomic mass is 16.5. The number of aromatic nitrogens is 3. The lowest BCUT2D eigenvalue weighted by molar-refractivity contribution is -0.143. The highest BCUT2D eigenvalue weighted by molar-refractivity contribution is 5.88. The Kier molecular flexibility index (Phi) is 3.66. The van der Waals surface area contributed by atoms with Crippen molar-refractivity contribution in [1.29, 1.82) is 0 Å². The summed E-state index contributed by atoms with van der Waals surface area (Å²) in [6, 6.07) is 9.27. The van der Waals surface area contributed by atoms with Crippen molar-refractivity contribution in [3.8, 4) is 11.6 Å². The summed E-state index contributed by atoms with van der Waals surface area (Å²) in [4.78, 5) is 12.0. The van der Waals surface area contributed by atoms with Gasteiger partial charge in [-0.1, -0.05) is 25.1 Å². The second kappa shape index (κ2) is 5.63. The molecule has 0 saturated carbocycles. The monoisotopic (exact) mass is 299 g/mol. The molecule has 0 radical (unpaired) electrons. The molecular formula is C16H17N3O3. The van der Waals surface area contributed by atoms with Crippen LogP contribution < -0.4 is 0 Å². The third kappa shape index (κ3) is 2.26. The zero-order chi connectivity index (χ0) is 15.7. The number of rotatable bonds is 4. The summed E-state index contributed by atoms with van der Waals surface area (Å²) >= 11 is 0. The molecule has 0 amide bonds. The Balaban J connectivity index is 2.22. The van der Waals surface area contributed by atoms with Gasteiger partial charge in [-0.05, 0) is 19.1 Å². The molecule has 3 rings (SSSR count). The Morgan fingerprint density at radius 2 is 2.14 bits per heavy atom. The van der Waals surface area contributed by atoms with E-state index in [9.17, 15) is 4.79 Å². The van der Waals surface area contributed by atoms with Gasteiger partial charge in [-0.3, -0.25) is 0 Å². The SMILES string of the molecule is CCc1nnc(-c2cc3ccccc3n2C(C)C(=O)OC)o1. The number of carbonyl (C=O) groups excluding carboxylic acids is 1. The lowest BCUT2D eigenvalue weighted by Crippen LogP contribution is -2.18. The van der Waals surface area contributed by atoms with Gasteiger partial charge in [0.1, 0.15) is 11.7 Å². The molecule has 2 aromatic heterocycles. The molecular weight excluding hydrogens is 282 g/mol. The average Bonchev–Trinajstić information content (AvgIpc) is 3.17. The molecule has 6 heteroatoms. The van der Waals surface area contributed by atoms with Gasteiger partial charge in [-0.25, -0.2) is 4.79 Å². The number of nitrogens with zero attached hydrogens (tertiary/aromatic N) is 3. The minimum absolute atomic E-state index is 0.321. The number of aryl methyl sites for hydroxylation is 1. The van der Waals surface area contributed by atoms with Crippen molar-refractivity contribution < 1.29 is 13.9 Å². The molecule has 0 spiro atoms. The quantitative estimate of drug-likeness (QED) is 0.693. The molecule has 2 heterocycles. The van der Waals surface area contributed by atoms with Crippen LogP contribution in [0.2, 0.25) is 0 Å². The Morgan fingerprint density at radius 3 is 2.82 bits per heavy atom. The van der Waals surface area contributed by atoms with Gasteiger partial charge in [0.25, 0.3) is 5.89 Å². The van der Waals surface area contributed by atoms with Crippen LogP contribution in [0.3, 0.4) is 0 Å². The molecule has 22 heavy (non-hydrogen) atoms. The number of fused-ring (bicyclic) bond motifs is 1. The van der Waals surface area contributed by atoms with E-state index < -0.39 is 6.04 Å². The fourth-order valence-electron chi connectivity index (χ4n) is 2.53. The highest BCUT2D eigenvalue weighted by Crippen LogP contribution is 2.31. The van der Waals surface area contributed by atoms with Crippen LogP contribution in [0.25, 0.3) is 22.5 Å². The number of hydrogen-bond acceptors (Lipinski definition) is 5. The van der Waals surface area contributed by atoms with Gasteiger partial charge in [0.2, 0.25) is 5.89 Å². The molecule has 6 nitrogen and oxygen atoms in total. The van der Waals surface area contributed by atoms with Crippen molar-refractivity contribution in [2.75, 3.05) is 7.11 Å². The molecule has 114 valence electrons. The van der Waals surface area contributed by atoms with Crippen LogP contribution in [0.5, 0.6) is 0 Å². The second-order valence-electron chi connectivity index (χ2n) is 5.01. The van der Waals surface area contributed by atoms with E-state index in [1.165, 1.54) is 7.11 Å². The maximum Gasteiger partial charge on any atom is 0.328 e. The fraction of sp³-hybridized carbons (Fsp3) is 0.312. The van der Waals surface area contributed by atoms with E-state index in [0.29, 0.717) is 23.9 Å². The third-order valence-electron chi connectivity index (χ3n) is 3.67. The van der Waals surface area contributed by atoms with Gasteiger partial charge < -0.3 is 13.7 Å². The van der Waals surface area contributed by atoms with Gasteiger partial charge in [0.15, 0.2) is 0 Å². The summed E-state index contributed by atoms with van der Waals surface area (Å²) in [7, 11) is 1.38. The molecule has 0 saturated heterocycles. The number of benzene rings is 1. The van der Waals surface area contributed by atoms with E-state index in [1.807, 2.05) is 41.8 Å². The van der Waals surface area contributed by atoms with Crippen molar-refractivity contribution in [2.24, 2.45) is 0 Å². The molecule has 1 atom stereocenters. The molecule has 0 aliphatic heterocycles. The zero-order valence-corrected chi connectivity index (χ0v) is 12.7. The Labute approximate surface area is 127 Å². The van der Waals surface area contributed by atoms with Crippen LogP contribution in [0.4, 0.5) is 0 Å². The van der Waals surface area contributed by atoms with Crippen LogP contribution >= 0.6 is 0 Å². The van der Waals surface area contributed by atoms with E-state index in [2.05, 4.69) is 10.2 Å². The lowest BCUT2D eigenvalue weighted by Gasteiger charge is -2.15. The molecule has 1 aromatic carbocycles. The summed E-state index contributed by atoms with van der Waals surface area (Å²) in [5.41, 5.74) is 1.64. The predicted molar refractivity (Wildman–Crippen MR) is 81.3 cm³/mol. The van der Waals surface area contributed by atoms with E-state index >= 15 is 0 Å². The molecule has 1 unspecified atom stereocenters. The lowest BCUT2D eigenvalue weighted by atomic mass is 10.2. The van der Waals surface area contributed by atoms with Crippen LogP contribution in [0, 0.1) is 0 Å². The molecule has 0 fully saturated rings. The van der Waals surface area contributed by atoms with E-state index in [0.717, 1.165) is 10.9 Å². The van der Waals surface area contributed by atoms with Crippen molar-refractivity contribution in [3.05, 3.63) is 36.2 Å². The predicted octanol–water partition coefficient (Wildman–Crippen LogP) is 2.99. The first-order valence-electron chi connectivity index (χ1n) is 7.16. The van der Waals surface area contributed by atoms with E-state index in [4.69, 9.17) is 9.15 Å². The zero-order valence-electron chi connectivity index (χ0n) is 12.7. The topological polar surface area (TPSA) is 70.2 Å². The van der Waals surface area contributed by atoms with Crippen molar-refractivity contribution in [3.63, 3.8) is 0 Å². The fourth-order valence-corrected chi connectivity index (χ4v) is 2.53. The number of ether oxygens (including phenoxy) is 1. The average molecular weight is 299 g/mol. The molecule has 0 bridgehead atoms. The first kappa shape index (κ1) is 14.3. The van der Waals surface area contributed by atoms with Gasteiger partial charge >= 0.3 is 5.97 Å². The number of methoxy groups -OCH3 is 1. The van der Waals surface area contributed by atoms with Crippen LogP contribution in [0.15, 0.2) is 34.7 Å². The summed E-state index contributed by atoms with van der Waals surface area (Å²) in [5.74, 6) is 0.652. The van der Waals surface area contributed by atoms with E-state index in [-0.39, 0.29) is 5.97 Å². The standard InChI is InChI=1S/C16H17N3O3/c1-4-14-17-18-15(22-14)13-9-11-7-5-6-8-12(11)19(13)10(2)16(20)21-3/h5-10H,4H2,1-3H3. The van der Waals surface area contributed by atoms with Gasteiger partial charge in [-0.15, -0.1) is 10.2 Å². The second-order valence-corrected chi connectivity index (χ2v) is 5.01. The largest absolute Gasteiger partial charge is 0.467 e. The Bertz CT molecular complexity index is 819. The van der Waals surface area contributed by atoms with Crippen LogP contribution in [0.1, 0.15) is 25.8 Å². The molecule has 0 aliphatic rings. The summed E-state index contributed by atoms with van der Waals surface area (Å²) in [6.45, 7) is 3.74. The van der Waals surface area contributed by atoms with Crippen molar-refractivity contribution >= 4 is 16.9 Å². The third-order valence-corrected chi connectivity index (χ3v) is 3.67. The summed E-state index contributed by atoms with van der Waals surface area (Å²) in [6.07, 6.45) is 0.666. The number of esters is 1. The number of carbonyl (C=O) groups is 1. The van der Waals surface area contributed by atoms with Crippen LogP contribution in [-0.2, 0) is 16.0 Å². The van der Waals surface area contributed by atoms with Crippen molar-refractivity contribution in [2.45, 2.75) is 26.3 Å². The Morgan fingerprint density at radius 1 is 1.36 bits per heavy atom. The van der Waals surface area contributed by atoms with E-state index in [1.54, 1.807) is 6.92 Å². The first-order chi connectivity index (χ1) is 10.7. The molecule has 0 N–H and O–H groups in total. The van der Waals surface area contributed by atoms with Gasteiger partial charge in [-0.2, -0.15) is 0 Å². The smallest absolute Gasteiger partial charge is 0.328 e. The first-order valence-corrected chi connectivity index (χ1v) is 7.16. The maximum atomic E-state index is 12.0. The number of hydrogen-bond donors (Lipinski definition) is 0. The van der Waals surface area contributed by atoms with Crippen LogP contribution in [-0.4, -0.2) is 27.8 Å². The minimum Gasteiger partial charge on any atom is -0.467 e. The summed E-state index contributed by atoms with van der Waals surface area (Å²) < 4.78 is 12.4. The normalized spacial score (nSPS) is 12.5. The molecule has 3 aromatic rings. The Hall–Kier alpha value is -2.63. The highest BCUT2D eigenvalue weighted by Gasteiger charge is 2.24. The maximum absolute atomic E-state index is 12.0. The minimum atomic E-state index is -0.489. The molecule has 0 aliphatic carbocycles. The van der Waals surface area contributed by atoms with Crippen molar-refractivity contribution in [1.82, 2.24) is 14.8 Å². The van der Waals surface area contributed by atoms with Gasteiger partial charge in [0.05, 0.1) is 7.11 Å². The van der Waals surface area contributed by atoms with Gasteiger partial charge in [0, 0.05) is 17.3 Å². The summed E-state index contributed by atoms with van der Waals surface area (Å²) in [5, 5.41) is 9.10. The number of para-hydroxylation sites is 1.